The summed E-state index contributed by atoms with van der Waals surface area (Å²) in [7, 11) is 1.54. The Bertz CT molecular complexity index is 1320. The van der Waals surface area contributed by atoms with Crippen LogP contribution in [-0.4, -0.2) is 45.0 Å². The molecule has 0 unspecified atom stereocenters. The van der Waals surface area contributed by atoms with E-state index in [1.807, 2.05) is 26.0 Å². The number of hydrogen-bond donors (Lipinski definition) is 1. The first-order valence-corrected chi connectivity index (χ1v) is 12.9. The van der Waals surface area contributed by atoms with Crippen molar-refractivity contribution in [3.8, 4) is 28.7 Å². The van der Waals surface area contributed by atoms with Gasteiger partial charge in [-0.05, 0) is 85.5 Å². The zero-order chi connectivity index (χ0) is 28.7. The molecule has 9 heteroatoms. The molecule has 210 valence electrons. The van der Waals surface area contributed by atoms with Crippen molar-refractivity contribution in [2.24, 2.45) is 5.10 Å². The second-order valence-electron chi connectivity index (χ2n) is 8.46. The molecule has 0 aliphatic rings. The van der Waals surface area contributed by atoms with Crippen LogP contribution in [0.4, 0.5) is 0 Å². The van der Waals surface area contributed by atoms with E-state index in [2.05, 4.69) is 17.1 Å². The maximum absolute atomic E-state index is 12.7. The Morgan fingerprint density at radius 1 is 0.900 bits per heavy atom. The SMILES string of the molecule is C=CCc1ccc(OCC(=O)NN=Cc2ccc(OC(=O)c3ccc(OCCC)cc3)c(OCC)c2)c(OC)c1. The number of ether oxygens (including phenoxy) is 5. The minimum absolute atomic E-state index is 0.251. The first kappa shape index (κ1) is 29.8. The summed E-state index contributed by atoms with van der Waals surface area (Å²) in [6.45, 7) is 8.29. The van der Waals surface area contributed by atoms with Gasteiger partial charge in [0, 0.05) is 0 Å². The number of esters is 1. The number of carbonyl (C=O) groups is 2. The standard InChI is InChI=1S/C31H34N2O7/c1-5-8-22-9-15-26(28(18-22)36-4)39-21-30(34)33-32-20-23-10-16-27(29(19-23)37-7-3)40-31(35)24-11-13-25(14-12-24)38-17-6-2/h5,9-16,18-20H,1,6-8,17,21H2,2-4H3,(H,33,34). The number of nitrogens with zero attached hydrogens (tertiary/aromatic N) is 1. The molecular formula is C31H34N2O7. The van der Waals surface area contributed by atoms with Gasteiger partial charge in [-0.15, -0.1) is 6.58 Å². The van der Waals surface area contributed by atoms with E-state index in [9.17, 15) is 9.59 Å². The lowest BCUT2D eigenvalue weighted by Gasteiger charge is -2.12. The molecule has 0 aliphatic carbocycles. The van der Waals surface area contributed by atoms with E-state index in [4.69, 9.17) is 23.7 Å². The number of nitrogens with one attached hydrogen (secondary N) is 1. The molecule has 3 aromatic carbocycles. The highest BCUT2D eigenvalue weighted by atomic mass is 16.6. The molecule has 0 aromatic heterocycles. The Morgan fingerprint density at radius 3 is 2.38 bits per heavy atom. The Balaban J connectivity index is 1.57. The highest BCUT2D eigenvalue weighted by molar-refractivity contribution is 5.92. The molecule has 0 atom stereocenters. The maximum Gasteiger partial charge on any atom is 0.343 e. The Hall–Kier alpha value is -4.79. The van der Waals surface area contributed by atoms with Crippen LogP contribution in [-0.2, 0) is 11.2 Å². The molecule has 1 amide bonds. The van der Waals surface area contributed by atoms with Crippen LogP contribution in [0.1, 0.15) is 41.8 Å². The van der Waals surface area contributed by atoms with Crippen molar-refractivity contribution in [2.45, 2.75) is 26.7 Å². The van der Waals surface area contributed by atoms with Gasteiger partial charge in [0.15, 0.2) is 29.6 Å². The fourth-order valence-corrected chi connectivity index (χ4v) is 3.50. The number of benzene rings is 3. The van der Waals surface area contributed by atoms with Crippen molar-refractivity contribution >= 4 is 18.1 Å². The van der Waals surface area contributed by atoms with Gasteiger partial charge in [0.1, 0.15) is 5.75 Å². The summed E-state index contributed by atoms with van der Waals surface area (Å²) in [5, 5.41) is 3.98. The van der Waals surface area contributed by atoms with Crippen molar-refractivity contribution in [1.29, 1.82) is 0 Å². The predicted octanol–water partition coefficient (Wildman–Crippen LogP) is 5.36. The van der Waals surface area contributed by atoms with Crippen LogP contribution in [0, 0.1) is 0 Å². The van der Waals surface area contributed by atoms with Crippen LogP contribution < -0.4 is 29.1 Å². The fraction of sp³-hybridized carbons (Fsp3) is 0.258. The average molecular weight is 547 g/mol. The van der Waals surface area contributed by atoms with E-state index in [-0.39, 0.29) is 12.4 Å². The summed E-state index contributed by atoms with van der Waals surface area (Å²) in [4.78, 5) is 24.9. The number of amides is 1. The van der Waals surface area contributed by atoms with E-state index in [1.54, 1.807) is 54.6 Å². The van der Waals surface area contributed by atoms with Gasteiger partial charge in [-0.3, -0.25) is 4.79 Å². The third-order valence-electron chi connectivity index (χ3n) is 5.40. The molecule has 9 nitrogen and oxygen atoms in total. The largest absolute Gasteiger partial charge is 0.494 e. The topological polar surface area (TPSA) is 105 Å². The first-order valence-electron chi connectivity index (χ1n) is 12.9. The van der Waals surface area contributed by atoms with Crippen molar-refractivity contribution in [3.63, 3.8) is 0 Å². The zero-order valence-corrected chi connectivity index (χ0v) is 23.0. The lowest BCUT2D eigenvalue weighted by atomic mass is 10.1. The van der Waals surface area contributed by atoms with Crippen LogP contribution in [0.25, 0.3) is 0 Å². The maximum atomic E-state index is 12.7. The summed E-state index contributed by atoms with van der Waals surface area (Å²) >= 11 is 0. The van der Waals surface area contributed by atoms with Crippen LogP contribution in [0.2, 0.25) is 0 Å². The molecule has 1 N–H and O–H groups in total. The van der Waals surface area contributed by atoms with Gasteiger partial charge in [0.25, 0.3) is 5.91 Å². The lowest BCUT2D eigenvalue weighted by Crippen LogP contribution is -2.24. The van der Waals surface area contributed by atoms with Crippen molar-refractivity contribution in [3.05, 3.63) is 90.0 Å². The van der Waals surface area contributed by atoms with Crippen LogP contribution >= 0.6 is 0 Å². The van der Waals surface area contributed by atoms with E-state index >= 15 is 0 Å². The summed E-state index contributed by atoms with van der Waals surface area (Å²) in [5.74, 6) is 1.32. The van der Waals surface area contributed by atoms with Crippen LogP contribution in [0.15, 0.2) is 78.4 Å². The number of carbonyl (C=O) groups excluding carboxylic acids is 2. The summed E-state index contributed by atoms with van der Waals surface area (Å²) in [5.41, 5.74) is 4.45. The van der Waals surface area contributed by atoms with E-state index in [1.165, 1.54) is 13.3 Å². The van der Waals surface area contributed by atoms with E-state index in [0.29, 0.717) is 53.8 Å². The minimum atomic E-state index is -0.524. The molecule has 0 heterocycles. The van der Waals surface area contributed by atoms with Gasteiger partial charge >= 0.3 is 5.97 Å². The molecule has 3 aromatic rings. The Kier molecular flexibility index (Phi) is 11.6. The predicted molar refractivity (Wildman–Crippen MR) is 153 cm³/mol. The van der Waals surface area contributed by atoms with Crippen LogP contribution in [0.3, 0.4) is 0 Å². The normalized spacial score (nSPS) is 10.6. The highest BCUT2D eigenvalue weighted by Gasteiger charge is 2.14. The van der Waals surface area contributed by atoms with Gasteiger partial charge in [-0.1, -0.05) is 19.1 Å². The van der Waals surface area contributed by atoms with Crippen LogP contribution in [0.5, 0.6) is 28.7 Å². The molecule has 0 bridgehead atoms. The lowest BCUT2D eigenvalue weighted by molar-refractivity contribution is -0.123. The number of allylic oxidation sites excluding steroid dienone is 1. The number of hydrogen-bond acceptors (Lipinski definition) is 8. The zero-order valence-electron chi connectivity index (χ0n) is 23.0. The molecule has 3 rings (SSSR count). The Morgan fingerprint density at radius 2 is 1.68 bits per heavy atom. The summed E-state index contributed by atoms with van der Waals surface area (Å²) in [6, 6.07) is 17.2. The molecule has 0 aliphatic heterocycles. The monoisotopic (exact) mass is 546 g/mol. The minimum Gasteiger partial charge on any atom is -0.494 e. The van der Waals surface area contributed by atoms with E-state index in [0.717, 1.165) is 12.0 Å². The van der Waals surface area contributed by atoms with Gasteiger partial charge in [-0.25, -0.2) is 10.2 Å². The number of hydrazone groups is 1. The van der Waals surface area contributed by atoms with Gasteiger partial charge in [0.2, 0.25) is 0 Å². The Labute approximate surface area is 234 Å². The molecule has 0 saturated heterocycles. The third kappa shape index (κ3) is 8.90. The molecular weight excluding hydrogens is 512 g/mol. The van der Waals surface area contributed by atoms with Crippen molar-refractivity contribution in [2.75, 3.05) is 26.9 Å². The van der Waals surface area contributed by atoms with E-state index < -0.39 is 11.9 Å². The molecule has 0 fully saturated rings. The molecule has 0 spiro atoms. The van der Waals surface area contributed by atoms with Crippen molar-refractivity contribution in [1.82, 2.24) is 5.43 Å². The van der Waals surface area contributed by atoms with Gasteiger partial charge in [0.05, 0.1) is 32.1 Å². The summed E-state index contributed by atoms with van der Waals surface area (Å²) in [6.07, 6.45) is 4.84. The van der Waals surface area contributed by atoms with Gasteiger partial charge in [-0.2, -0.15) is 5.10 Å². The van der Waals surface area contributed by atoms with Gasteiger partial charge < -0.3 is 23.7 Å². The smallest absolute Gasteiger partial charge is 0.343 e. The number of rotatable bonds is 15. The third-order valence-corrected chi connectivity index (χ3v) is 5.40. The molecule has 0 radical (unpaired) electrons. The molecule has 0 saturated carbocycles. The van der Waals surface area contributed by atoms with Crippen molar-refractivity contribution < 1.29 is 33.3 Å². The first-order chi connectivity index (χ1) is 19.5. The average Bonchev–Trinajstić information content (AvgIpc) is 2.97. The molecule has 40 heavy (non-hydrogen) atoms. The second kappa shape index (κ2) is 15.6. The number of methoxy groups -OCH3 is 1. The quantitative estimate of drug-likeness (QED) is 0.0900. The second-order valence-corrected chi connectivity index (χ2v) is 8.46. The fourth-order valence-electron chi connectivity index (χ4n) is 3.50. The highest BCUT2D eigenvalue weighted by Crippen LogP contribution is 2.30. The summed E-state index contributed by atoms with van der Waals surface area (Å²) < 4.78 is 27.7.